The lowest BCUT2D eigenvalue weighted by Gasteiger charge is -2.21. The average molecular weight is 814 g/mol. The molecule has 0 aliphatic heterocycles. The van der Waals surface area contributed by atoms with Crippen LogP contribution in [0.2, 0.25) is 0 Å². The predicted molar refractivity (Wildman–Crippen MR) is 136 cm³/mol. The minimum absolute atomic E-state index is 0.213. The Morgan fingerprint density at radius 1 is 0.630 bits per heavy atom. The van der Waals surface area contributed by atoms with Gasteiger partial charge in [-0.1, -0.05) is 6.07 Å². The minimum atomic E-state index is -0.691. The van der Waals surface area contributed by atoms with E-state index in [2.05, 4.69) is 90.4 Å². The second-order valence-corrected chi connectivity index (χ2v) is 10.5. The molecule has 0 aromatic heterocycles. The van der Waals surface area contributed by atoms with E-state index in [4.69, 9.17) is 0 Å². The highest BCUT2D eigenvalue weighted by Gasteiger charge is 2.22. The monoisotopic (exact) mass is 814 g/mol. The molecule has 0 radical (unpaired) electrons. The first-order chi connectivity index (χ1) is 12.7. The predicted octanol–water partition coefficient (Wildman–Crippen LogP) is 6.54. The van der Waals surface area contributed by atoms with Crippen LogP contribution in [0.3, 0.4) is 0 Å². The number of phenolic OH excluding ortho intramolecular Hbond substituents is 3. The van der Waals surface area contributed by atoms with Crippen LogP contribution in [0.5, 0.6) is 17.2 Å². The molecule has 0 saturated heterocycles. The van der Waals surface area contributed by atoms with E-state index in [1.165, 1.54) is 12.1 Å². The van der Waals surface area contributed by atoms with E-state index in [1.54, 1.807) is 6.07 Å². The summed E-state index contributed by atoms with van der Waals surface area (Å²) in [6, 6.07) is 11.8. The summed E-state index contributed by atoms with van der Waals surface area (Å²) in [5, 5.41) is 29.8. The highest BCUT2D eigenvalue weighted by atomic mass is 127. The van der Waals surface area contributed by atoms with Gasteiger partial charge in [-0.05, 0) is 143 Å². The van der Waals surface area contributed by atoms with Crippen LogP contribution in [0.15, 0.2) is 42.5 Å². The summed E-state index contributed by atoms with van der Waals surface area (Å²) in [6.07, 6.45) is 0. The summed E-state index contributed by atoms with van der Waals surface area (Å²) in [7, 11) is 0. The first-order valence-electron chi connectivity index (χ1n) is 7.53. The first-order valence-corrected chi connectivity index (χ1v) is 11.8. The van der Waals surface area contributed by atoms with Crippen molar-refractivity contribution in [1.29, 1.82) is 0 Å². The molecule has 3 nitrogen and oxygen atoms in total. The topological polar surface area (TPSA) is 60.7 Å². The molecule has 0 aliphatic rings. The summed E-state index contributed by atoms with van der Waals surface area (Å²) in [5.41, 5.74) is 2.42. The molecule has 0 unspecified atom stereocenters. The summed E-state index contributed by atoms with van der Waals surface area (Å²) >= 11 is 8.27. The van der Waals surface area contributed by atoms with Gasteiger partial charge in [-0.3, -0.25) is 0 Å². The molecule has 0 heterocycles. The number of hydrogen-bond acceptors (Lipinski definition) is 3. The fourth-order valence-corrected chi connectivity index (χ4v) is 6.42. The molecular formula is C19H11FI4O3. The fourth-order valence-electron chi connectivity index (χ4n) is 2.78. The molecule has 0 aliphatic carbocycles. The Kier molecular flexibility index (Phi) is 6.99. The normalized spacial score (nSPS) is 11.2. The Bertz CT molecular complexity index is 936. The molecule has 3 aromatic carbocycles. The number of rotatable bonds is 3. The first kappa shape index (κ1) is 21.6. The van der Waals surface area contributed by atoms with E-state index in [9.17, 15) is 19.7 Å². The van der Waals surface area contributed by atoms with Crippen molar-refractivity contribution in [1.82, 2.24) is 0 Å². The van der Waals surface area contributed by atoms with E-state index in [0.717, 1.165) is 11.1 Å². The van der Waals surface area contributed by atoms with Crippen molar-refractivity contribution in [3.05, 3.63) is 79.3 Å². The van der Waals surface area contributed by atoms with Gasteiger partial charge < -0.3 is 15.3 Å². The van der Waals surface area contributed by atoms with E-state index in [-0.39, 0.29) is 17.4 Å². The molecular weight excluding hydrogens is 803 g/mol. The molecule has 0 fully saturated rings. The van der Waals surface area contributed by atoms with Gasteiger partial charge in [0.1, 0.15) is 11.5 Å². The maximum Gasteiger partial charge on any atom is 0.165 e. The van der Waals surface area contributed by atoms with Gasteiger partial charge in [0, 0.05) is 5.92 Å². The molecule has 0 saturated carbocycles. The summed E-state index contributed by atoms with van der Waals surface area (Å²) < 4.78 is 16.9. The second kappa shape index (κ2) is 8.73. The summed E-state index contributed by atoms with van der Waals surface area (Å²) in [5.74, 6) is -0.993. The van der Waals surface area contributed by atoms with Crippen molar-refractivity contribution >= 4 is 90.4 Å². The van der Waals surface area contributed by atoms with Crippen molar-refractivity contribution in [2.45, 2.75) is 5.92 Å². The molecule has 140 valence electrons. The second-order valence-electron chi connectivity index (χ2n) is 5.81. The molecule has 27 heavy (non-hydrogen) atoms. The van der Waals surface area contributed by atoms with Gasteiger partial charge in [-0.15, -0.1) is 0 Å². The van der Waals surface area contributed by atoms with Crippen LogP contribution in [0.4, 0.5) is 4.39 Å². The lowest BCUT2D eigenvalue weighted by atomic mass is 9.85. The number of benzene rings is 3. The van der Waals surface area contributed by atoms with Crippen molar-refractivity contribution in [3.63, 3.8) is 0 Å². The third kappa shape index (κ3) is 4.57. The standard InChI is InChI=1S/C19H11FI4O3/c20-11-3-8(1-2-16(11)25)17(9-4-12(21)18(26)13(22)5-9)10-6-14(23)19(27)15(24)7-10/h1-7,17,25-27H. The largest absolute Gasteiger partial charge is 0.506 e. The lowest BCUT2D eigenvalue weighted by molar-refractivity contribution is 0.431. The van der Waals surface area contributed by atoms with Crippen LogP contribution in [0, 0.1) is 20.1 Å². The van der Waals surface area contributed by atoms with Crippen LogP contribution in [-0.4, -0.2) is 15.3 Å². The maximum atomic E-state index is 14.1. The summed E-state index contributed by atoms with van der Waals surface area (Å²) in [4.78, 5) is 0. The Labute approximate surface area is 210 Å². The van der Waals surface area contributed by atoms with Crippen LogP contribution < -0.4 is 0 Å². The molecule has 3 N–H and O–H groups in total. The van der Waals surface area contributed by atoms with Gasteiger partial charge in [-0.2, -0.15) is 0 Å². The van der Waals surface area contributed by atoms with Crippen LogP contribution >= 0.6 is 90.4 Å². The molecule has 8 heteroatoms. The SMILES string of the molecule is Oc1ccc(C(c2cc(I)c(O)c(I)c2)c2cc(I)c(O)c(I)c2)cc1F. The van der Waals surface area contributed by atoms with Gasteiger partial charge >= 0.3 is 0 Å². The van der Waals surface area contributed by atoms with Crippen LogP contribution in [-0.2, 0) is 0 Å². The number of halogens is 5. The van der Waals surface area contributed by atoms with Crippen LogP contribution in [0.25, 0.3) is 0 Å². The Hall–Kier alpha value is -0.0900. The molecule has 0 bridgehead atoms. The molecule has 0 spiro atoms. The highest BCUT2D eigenvalue weighted by Crippen LogP contribution is 2.40. The van der Waals surface area contributed by atoms with Crippen molar-refractivity contribution in [2.24, 2.45) is 0 Å². The Balaban J connectivity index is 2.28. The van der Waals surface area contributed by atoms with E-state index in [0.29, 0.717) is 19.8 Å². The molecule has 3 rings (SSSR count). The number of aromatic hydroxyl groups is 3. The molecule has 3 aromatic rings. The smallest absolute Gasteiger partial charge is 0.165 e. The average Bonchev–Trinajstić information content (AvgIpc) is 2.60. The van der Waals surface area contributed by atoms with Crippen molar-refractivity contribution in [3.8, 4) is 17.2 Å². The summed E-state index contributed by atoms with van der Waals surface area (Å²) in [6.45, 7) is 0. The van der Waals surface area contributed by atoms with Gasteiger partial charge in [0.15, 0.2) is 11.6 Å². The Morgan fingerprint density at radius 3 is 1.41 bits per heavy atom. The number of hydrogen-bond donors (Lipinski definition) is 3. The highest BCUT2D eigenvalue weighted by molar-refractivity contribution is 14.1. The van der Waals surface area contributed by atoms with Gasteiger partial charge in [0.05, 0.1) is 14.3 Å². The van der Waals surface area contributed by atoms with E-state index >= 15 is 0 Å². The van der Waals surface area contributed by atoms with E-state index in [1.807, 2.05) is 24.3 Å². The zero-order chi connectivity index (χ0) is 19.9. The van der Waals surface area contributed by atoms with Crippen LogP contribution in [0.1, 0.15) is 22.6 Å². The van der Waals surface area contributed by atoms with Crippen molar-refractivity contribution in [2.75, 3.05) is 0 Å². The Morgan fingerprint density at radius 2 is 1.04 bits per heavy atom. The minimum Gasteiger partial charge on any atom is -0.506 e. The third-order valence-corrected chi connectivity index (χ3v) is 7.34. The van der Waals surface area contributed by atoms with Crippen molar-refractivity contribution < 1.29 is 19.7 Å². The van der Waals surface area contributed by atoms with Gasteiger partial charge in [0.25, 0.3) is 0 Å². The van der Waals surface area contributed by atoms with E-state index < -0.39 is 11.6 Å². The molecule has 0 atom stereocenters. The maximum absolute atomic E-state index is 14.1. The third-order valence-electron chi connectivity index (χ3n) is 4.05. The number of phenols is 3. The van der Waals surface area contributed by atoms with Gasteiger partial charge in [0.2, 0.25) is 0 Å². The van der Waals surface area contributed by atoms with Gasteiger partial charge in [-0.25, -0.2) is 4.39 Å². The fraction of sp³-hybridized carbons (Fsp3) is 0.0526. The molecule has 0 amide bonds. The lowest BCUT2D eigenvalue weighted by Crippen LogP contribution is -2.06. The zero-order valence-corrected chi connectivity index (χ0v) is 22.0. The quantitative estimate of drug-likeness (QED) is 0.208. The zero-order valence-electron chi connectivity index (χ0n) is 13.4.